The fraction of sp³-hybridized carbons (Fsp3) is 0.619. The van der Waals surface area contributed by atoms with Crippen LogP contribution in [-0.4, -0.2) is 29.0 Å². The second-order valence-electron chi connectivity index (χ2n) is 8.49. The highest BCUT2D eigenvalue weighted by Crippen LogP contribution is 2.65. The first-order chi connectivity index (χ1) is 12.3. The Morgan fingerprint density at radius 3 is 2.81 bits per heavy atom. The molecule has 2 N–H and O–H groups in total. The molecule has 0 unspecified atom stereocenters. The second kappa shape index (κ2) is 6.45. The maximum absolute atomic E-state index is 14.1. The molecule has 0 saturated heterocycles. The van der Waals surface area contributed by atoms with Gasteiger partial charge in [0.15, 0.2) is 11.6 Å². The lowest BCUT2D eigenvalue weighted by atomic mass is 9.52. The van der Waals surface area contributed by atoms with E-state index in [9.17, 15) is 14.6 Å². The molecule has 3 aliphatic rings. The van der Waals surface area contributed by atoms with Gasteiger partial charge in [0.25, 0.3) is 0 Å². The first-order valence-electron chi connectivity index (χ1n) is 9.39. The number of aromatic hydroxyl groups is 1. The van der Waals surface area contributed by atoms with Crippen LogP contribution in [0.2, 0.25) is 0 Å². The summed E-state index contributed by atoms with van der Waals surface area (Å²) >= 11 is 2.18. The number of aliphatic hydroxyl groups is 1. The maximum Gasteiger partial charge on any atom is 0.165 e. The summed E-state index contributed by atoms with van der Waals surface area (Å²) in [6.07, 6.45) is 6.24. The summed E-state index contributed by atoms with van der Waals surface area (Å²) in [7, 11) is 1.72. The predicted molar refractivity (Wildman–Crippen MR) is 107 cm³/mol. The van der Waals surface area contributed by atoms with Crippen LogP contribution >= 0.6 is 22.6 Å². The average Bonchev–Trinajstić information content (AvgIpc) is 2.86. The molecule has 2 fully saturated rings. The first kappa shape index (κ1) is 18.7. The molecule has 0 heterocycles. The number of hydrogen-bond donors (Lipinski definition) is 2. The Labute approximate surface area is 167 Å². The fourth-order valence-corrected chi connectivity index (χ4v) is 6.87. The standard InChI is InChI=1S/C21H26FIO3/c1-20-11-18(26-2)19-13(15(20)5-6-21(20,25)7-8-23)4-3-12-9-17(24)16(22)10-14(12)19/h7-10,13,15,18-19,24-25H,3-6,11H2,1-2H3/b8-7-/t13-,15-,18-,19-,20-,21+/m0/s1. The highest BCUT2D eigenvalue weighted by molar-refractivity contribution is 14.1. The zero-order valence-electron chi connectivity index (χ0n) is 15.2. The minimum Gasteiger partial charge on any atom is -0.505 e. The monoisotopic (exact) mass is 472 g/mol. The Kier molecular flexibility index (Phi) is 4.64. The molecule has 0 radical (unpaired) electrons. The molecule has 4 rings (SSSR count). The number of fused-ring (bicyclic) bond motifs is 5. The molecular formula is C21H26FIO3. The lowest BCUT2D eigenvalue weighted by Crippen LogP contribution is -2.54. The zero-order valence-corrected chi connectivity index (χ0v) is 17.4. The molecule has 3 nitrogen and oxygen atoms in total. The van der Waals surface area contributed by atoms with Crippen molar-refractivity contribution in [3.63, 3.8) is 0 Å². The van der Waals surface area contributed by atoms with Gasteiger partial charge in [-0.3, -0.25) is 0 Å². The molecule has 2 saturated carbocycles. The van der Waals surface area contributed by atoms with Crippen molar-refractivity contribution in [3.05, 3.63) is 39.2 Å². The number of hydrogen-bond acceptors (Lipinski definition) is 3. The van der Waals surface area contributed by atoms with Crippen molar-refractivity contribution in [2.24, 2.45) is 17.3 Å². The van der Waals surface area contributed by atoms with Gasteiger partial charge < -0.3 is 14.9 Å². The molecule has 142 valence electrons. The molecule has 1 aromatic carbocycles. The third kappa shape index (κ3) is 2.49. The van der Waals surface area contributed by atoms with Crippen LogP contribution in [0.5, 0.6) is 5.75 Å². The van der Waals surface area contributed by atoms with Gasteiger partial charge in [0, 0.05) is 18.4 Å². The molecule has 0 bridgehead atoms. The summed E-state index contributed by atoms with van der Waals surface area (Å²) < 4.78 is 22.0. The number of rotatable bonds is 2. The van der Waals surface area contributed by atoms with Crippen molar-refractivity contribution in [2.45, 2.75) is 56.7 Å². The molecule has 6 atom stereocenters. The minimum absolute atomic E-state index is 0.0588. The summed E-state index contributed by atoms with van der Waals surface area (Å²) in [5.41, 5.74) is 0.992. The summed E-state index contributed by atoms with van der Waals surface area (Å²) in [6.45, 7) is 2.20. The van der Waals surface area contributed by atoms with Crippen molar-refractivity contribution in [3.8, 4) is 5.75 Å². The molecule has 26 heavy (non-hydrogen) atoms. The third-order valence-corrected chi connectivity index (χ3v) is 7.96. The highest BCUT2D eigenvalue weighted by atomic mass is 127. The minimum atomic E-state index is -0.804. The van der Waals surface area contributed by atoms with Gasteiger partial charge in [-0.05, 0) is 77.4 Å². The van der Waals surface area contributed by atoms with Crippen LogP contribution in [0.3, 0.4) is 0 Å². The van der Waals surface area contributed by atoms with Crippen LogP contribution in [0, 0.1) is 23.1 Å². The summed E-state index contributed by atoms with van der Waals surface area (Å²) in [5.74, 6) is 0.0683. The SMILES string of the molecule is CO[C@H]1C[C@@]2(C)[C@@H](CC[C@@]2(O)/C=C\I)[C@@H]2CCc3cc(O)c(F)cc3[C@H]21. The van der Waals surface area contributed by atoms with E-state index in [-0.39, 0.29) is 23.2 Å². The Morgan fingerprint density at radius 2 is 2.12 bits per heavy atom. The molecule has 5 heteroatoms. The smallest absolute Gasteiger partial charge is 0.165 e. The summed E-state index contributed by atoms with van der Waals surface area (Å²) in [4.78, 5) is 0. The fourth-order valence-electron chi connectivity index (χ4n) is 6.28. The Morgan fingerprint density at radius 1 is 1.35 bits per heavy atom. The molecule has 0 aliphatic heterocycles. The van der Waals surface area contributed by atoms with E-state index >= 15 is 0 Å². The van der Waals surface area contributed by atoms with E-state index in [2.05, 4.69) is 29.5 Å². The van der Waals surface area contributed by atoms with Gasteiger partial charge in [0.05, 0.1) is 11.7 Å². The van der Waals surface area contributed by atoms with E-state index in [0.29, 0.717) is 11.8 Å². The Hall–Kier alpha value is -0.660. The van der Waals surface area contributed by atoms with Crippen LogP contribution in [0.25, 0.3) is 0 Å². The highest BCUT2D eigenvalue weighted by Gasteiger charge is 2.63. The average molecular weight is 472 g/mol. The van der Waals surface area contributed by atoms with Gasteiger partial charge >= 0.3 is 0 Å². The molecular weight excluding hydrogens is 446 g/mol. The van der Waals surface area contributed by atoms with Crippen LogP contribution < -0.4 is 0 Å². The molecule has 3 aliphatic carbocycles. The van der Waals surface area contributed by atoms with Crippen LogP contribution in [0.15, 0.2) is 22.3 Å². The van der Waals surface area contributed by atoms with E-state index in [4.69, 9.17) is 4.74 Å². The number of phenolic OH excluding ortho intramolecular Hbond substituents is 1. The van der Waals surface area contributed by atoms with E-state index in [1.807, 2.05) is 10.2 Å². The van der Waals surface area contributed by atoms with E-state index in [1.165, 1.54) is 6.07 Å². The number of benzene rings is 1. The predicted octanol–water partition coefficient (Wildman–Crippen LogP) is 4.69. The normalized spacial score (nSPS) is 41.7. The molecule has 1 aromatic rings. The van der Waals surface area contributed by atoms with Crippen molar-refractivity contribution in [1.29, 1.82) is 0 Å². The van der Waals surface area contributed by atoms with Gasteiger partial charge in [-0.2, -0.15) is 0 Å². The van der Waals surface area contributed by atoms with Crippen LogP contribution in [-0.2, 0) is 11.2 Å². The number of ether oxygens (including phenoxy) is 1. The third-order valence-electron chi connectivity index (χ3n) is 7.60. The van der Waals surface area contributed by atoms with Gasteiger partial charge in [-0.25, -0.2) is 4.39 Å². The van der Waals surface area contributed by atoms with Crippen molar-refractivity contribution in [2.75, 3.05) is 7.11 Å². The number of halogens is 2. The van der Waals surface area contributed by atoms with Crippen molar-refractivity contribution >= 4 is 22.6 Å². The zero-order chi connectivity index (χ0) is 18.7. The van der Waals surface area contributed by atoms with E-state index in [1.54, 1.807) is 13.2 Å². The largest absolute Gasteiger partial charge is 0.505 e. The lowest BCUT2D eigenvalue weighted by Gasteiger charge is -2.55. The van der Waals surface area contributed by atoms with E-state index in [0.717, 1.165) is 43.2 Å². The topological polar surface area (TPSA) is 49.7 Å². The summed E-state index contributed by atoms with van der Waals surface area (Å²) in [6, 6.07) is 3.10. The second-order valence-corrected chi connectivity index (χ2v) is 9.21. The molecule has 0 amide bonds. The number of phenols is 1. The Bertz CT molecular complexity index is 751. The molecule has 0 spiro atoms. The Balaban J connectivity index is 1.79. The van der Waals surface area contributed by atoms with Crippen molar-refractivity contribution in [1.82, 2.24) is 0 Å². The van der Waals surface area contributed by atoms with Gasteiger partial charge in [0.1, 0.15) is 0 Å². The van der Waals surface area contributed by atoms with Gasteiger partial charge in [0.2, 0.25) is 0 Å². The first-order valence-corrected chi connectivity index (χ1v) is 10.6. The van der Waals surface area contributed by atoms with E-state index < -0.39 is 11.4 Å². The van der Waals surface area contributed by atoms with Crippen LogP contribution in [0.1, 0.15) is 49.7 Å². The number of aryl methyl sites for hydroxylation is 1. The molecule has 0 aromatic heterocycles. The quantitative estimate of drug-likeness (QED) is 0.615. The lowest BCUT2D eigenvalue weighted by molar-refractivity contribution is -0.120. The number of methoxy groups -OCH3 is 1. The van der Waals surface area contributed by atoms with Crippen molar-refractivity contribution < 1.29 is 19.3 Å². The summed E-state index contributed by atoms with van der Waals surface area (Å²) in [5, 5.41) is 21.2. The van der Waals surface area contributed by atoms with Crippen LogP contribution in [0.4, 0.5) is 4.39 Å². The van der Waals surface area contributed by atoms with Gasteiger partial charge in [-0.1, -0.05) is 29.5 Å². The maximum atomic E-state index is 14.1. The van der Waals surface area contributed by atoms with Gasteiger partial charge in [-0.15, -0.1) is 0 Å².